The number of hydrogen-bond acceptors (Lipinski definition) is 4. The Kier molecular flexibility index (Phi) is 5.15. The van der Waals surface area contributed by atoms with Crippen molar-refractivity contribution in [2.75, 3.05) is 13.7 Å². The van der Waals surface area contributed by atoms with E-state index in [1.807, 2.05) is 0 Å². The third-order valence-electron chi connectivity index (χ3n) is 3.24. The van der Waals surface area contributed by atoms with Gasteiger partial charge in [-0.1, -0.05) is 12.1 Å². The number of nitrogens with one attached hydrogen (secondary N) is 1. The molecule has 1 unspecified atom stereocenters. The van der Waals surface area contributed by atoms with Crippen LogP contribution in [0.25, 0.3) is 6.08 Å². The van der Waals surface area contributed by atoms with Gasteiger partial charge in [0, 0.05) is 12.0 Å². The summed E-state index contributed by atoms with van der Waals surface area (Å²) in [5.74, 6) is -1.31. The minimum absolute atomic E-state index is 0.111. The lowest BCUT2D eigenvalue weighted by atomic mass is 10.1. The van der Waals surface area contributed by atoms with Gasteiger partial charge < -0.3 is 19.9 Å². The van der Waals surface area contributed by atoms with Gasteiger partial charge in [-0.05, 0) is 12.1 Å². The van der Waals surface area contributed by atoms with Crippen LogP contribution in [0.15, 0.2) is 23.8 Å². The molecule has 0 aliphatic carbocycles. The Morgan fingerprint density at radius 1 is 1.43 bits per heavy atom. The summed E-state index contributed by atoms with van der Waals surface area (Å²) in [6, 6.07) is 3.43. The van der Waals surface area contributed by atoms with Crippen molar-refractivity contribution in [1.82, 2.24) is 5.32 Å². The molecule has 2 N–H and O–H groups in total. The predicted octanol–water partition coefficient (Wildman–Crippen LogP) is 1.70. The lowest BCUT2D eigenvalue weighted by molar-refractivity contribution is -0.142. The van der Waals surface area contributed by atoms with E-state index in [0.717, 1.165) is 0 Å². The highest BCUT2D eigenvalue weighted by atomic mass is 19.3. The molecule has 0 saturated heterocycles. The Balaban J connectivity index is 2.17. The van der Waals surface area contributed by atoms with Gasteiger partial charge >= 0.3 is 5.97 Å². The molecule has 1 aliphatic rings. The Bertz CT molecular complexity index is 645. The van der Waals surface area contributed by atoms with Crippen molar-refractivity contribution >= 4 is 18.0 Å². The molecule has 6 nitrogen and oxygen atoms in total. The predicted molar refractivity (Wildman–Crippen MR) is 76.7 cm³/mol. The smallest absolute Gasteiger partial charge is 0.326 e. The molecule has 2 rings (SSSR count). The average Bonchev–Trinajstić information content (AvgIpc) is 2.52. The maximum atomic E-state index is 12.4. The first-order valence-corrected chi connectivity index (χ1v) is 6.74. The van der Waals surface area contributed by atoms with Gasteiger partial charge in [-0.25, -0.2) is 13.6 Å². The van der Waals surface area contributed by atoms with Gasteiger partial charge in [-0.2, -0.15) is 0 Å². The van der Waals surface area contributed by atoms with Crippen LogP contribution < -0.4 is 14.8 Å². The fourth-order valence-corrected chi connectivity index (χ4v) is 2.12. The van der Waals surface area contributed by atoms with E-state index in [1.165, 1.54) is 13.2 Å². The highest BCUT2D eigenvalue weighted by molar-refractivity contribution is 6.01. The molecule has 8 heteroatoms. The molecule has 1 amide bonds. The second-order valence-electron chi connectivity index (χ2n) is 4.83. The number of benzene rings is 1. The number of alkyl halides is 2. The molecule has 0 fully saturated rings. The zero-order valence-electron chi connectivity index (χ0n) is 12.2. The van der Waals surface area contributed by atoms with Gasteiger partial charge in [-0.15, -0.1) is 0 Å². The minimum Gasteiger partial charge on any atom is -0.493 e. The van der Waals surface area contributed by atoms with E-state index in [9.17, 15) is 18.4 Å². The lowest BCUT2D eigenvalue weighted by Crippen LogP contribution is -2.43. The number of aliphatic carboxylic acids is 1. The fraction of sp³-hybridized carbons (Fsp3) is 0.333. The zero-order valence-corrected chi connectivity index (χ0v) is 12.2. The molecule has 0 aromatic heterocycles. The van der Waals surface area contributed by atoms with E-state index in [4.69, 9.17) is 14.6 Å². The average molecular weight is 327 g/mol. The maximum absolute atomic E-state index is 12.4. The van der Waals surface area contributed by atoms with E-state index in [-0.39, 0.29) is 12.2 Å². The Morgan fingerprint density at radius 2 is 2.17 bits per heavy atom. The zero-order chi connectivity index (χ0) is 17.0. The van der Waals surface area contributed by atoms with Crippen molar-refractivity contribution in [2.24, 2.45) is 0 Å². The number of fused-ring (bicyclic) bond motifs is 1. The highest BCUT2D eigenvalue weighted by Gasteiger charge is 2.27. The second kappa shape index (κ2) is 7.08. The molecule has 0 saturated carbocycles. The lowest BCUT2D eigenvalue weighted by Gasteiger charge is -2.21. The van der Waals surface area contributed by atoms with Crippen molar-refractivity contribution in [3.8, 4) is 11.5 Å². The summed E-state index contributed by atoms with van der Waals surface area (Å²) in [5, 5.41) is 11.0. The number of amides is 1. The quantitative estimate of drug-likeness (QED) is 0.831. The largest absolute Gasteiger partial charge is 0.493 e. The number of carboxylic acids is 1. The molecule has 1 aromatic rings. The van der Waals surface area contributed by atoms with Gasteiger partial charge in [-0.3, -0.25) is 4.79 Å². The monoisotopic (exact) mass is 327 g/mol. The molecular formula is C15H15F2NO5. The van der Waals surface area contributed by atoms with Crippen LogP contribution in [-0.2, 0) is 9.59 Å². The molecule has 23 heavy (non-hydrogen) atoms. The summed E-state index contributed by atoms with van der Waals surface area (Å²) in [4.78, 5) is 23.0. The van der Waals surface area contributed by atoms with Gasteiger partial charge in [0.15, 0.2) is 11.5 Å². The molecule has 0 bridgehead atoms. The number of carbonyl (C=O) groups is 2. The van der Waals surface area contributed by atoms with Gasteiger partial charge in [0.2, 0.25) is 6.43 Å². The Labute approximate surface area is 130 Å². The van der Waals surface area contributed by atoms with E-state index in [1.54, 1.807) is 18.2 Å². The van der Waals surface area contributed by atoms with Gasteiger partial charge in [0.05, 0.1) is 12.7 Å². The summed E-state index contributed by atoms with van der Waals surface area (Å²) in [6.07, 6.45) is -2.28. The number of methoxy groups -OCH3 is 1. The number of ether oxygens (including phenoxy) is 2. The van der Waals surface area contributed by atoms with Crippen molar-refractivity contribution in [1.29, 1.82) is 0 Å². The van der Waals surface area contributed by atoms with Gasteiger partial charge in [0.1, 0.15) is 12.6 Å². The first-order valence-electron chi connectivity index (χ1n) is 6.74. The van der Waals surface area contributed by atoms with E-state index < -0.39 is 30.8 Å². The first kappa shape index (κ1) is 16.7. The Morgan fingerprint density at radius 3 is 2.78 bits per heavy atom. The normalized spacial score (nSPS) is 14.3. The third-order valence-corrected chi connectivity index (χ3v) is 3.24. The van der Waals surface area contributed by atoms with Crippen LogP contribution in [-0.4, -0.2) is 43.2 Å². The SMILES string of the molecule is COc1cccc2c1OCC(C(=O)NC(CC(F)F)C(=O)O)=C2. The van der Waals surface area contributed by atoms with Crippen LogP contribution in [0.1, 0.15) is 12.0 Å². The number of hydrogen-bond donors (Lipinski definition) is 2. The van der Waals surface area contributed by atoms with Crippen LogP contribution in [0.3, 0.4) is 0 Å². The molecule has 0 radical (unpaired) electrons. The number of carboxylic acid groups (broad SMARTS) is 1. The molecule has 0 spiro atoms. The van der Waals surface area contributed by atoms with Crippen LogP contribution in [0, 0.1) is 0 Å². The molecule has 124 valence electrons. The molecule has 1 aromatic carbocycles. The number of para-hydroxylation sites is 1. The molecule has 1 aliphatic heterocycles. The van der Waals surface area contributed by atoms with E-state index >= 15 is 0 Å². The Hall–Kier alpha value is -2.64. The number of carbonyl (C=O) groups excluding carboxylic acids is 1. The summed E-state index contributed by atoms with van der Waals surface area (Å²) in [6.45, 7) is -0.111. The maximum Gasteiger partial charge on any atom is 0.326 e. The van der Waals surface area contributed by atoms with Crippen molar-refractivity contribution in [3.05, 3.63) is 29.3 Å². The van der Waals surface area contributed by atoms with Crippen molar-refractivity contribution in [2.45, 2.75) is 18.9 Å². The molecule has 1 atom stereocenters. The highest BCUT2D eigenvalue weighted by Crippen LogP contribution is 2.35. The summed E-state index contributed by atoms with van der Waals surface area (Å²) < 4.78 is 35.3. The van der Waals surface area contributed by atoms with Crippen LogP contribution in [0.4, 0.5) is 8.78 Å². The number of halogens is 2. The summed E-state index contributed by atoms with van der Waals surface area (Å²) in [5.41, 5.74) is 0.729. The van der Waals surface area contributed by atoms with E-state index in [2.05, 4.69) is 5.32 Å². The molecule has 1 heterocycles. The van der Waals surface area contributed by atoms with Crippen molar-refractivity contribution < 1.29 is 33.0 Å². The third kappa shape index (κ3) is 3.97. The van der Waals surface area contributed by atoms with Crippen LogP contribution >= 0.6 is 0 Å². The molecular weight excluding hydrogens is 312 g/mol. The minimum atomic E-state index is -2.84. The first-order chi connectivity index (χ1) is 10.9. The summed E-state index contributed by atoms with van der Waals surface area (Å²) in [7, 11) is 1.48. The van der Waals surface area contributed by atoms with E-state index in [0.29, 0.717) is 17.1 Å². The summed E-state index contributed by atoms with van der Waals surface area (Å²) >= 11 is 0. The standard InChI is InChI=1S/C15H15F2NO5/c1-22-11-4-2-3-8-5-9(7-23-13(8)11)14(19)18-10(15(20)21)6-12(16)17/h2-5,10,12H,6-7H2,1H3,(H,18,19)(H,20,21). The number of rotatable bonds is 6. The second-order valence-corrected chi connectivity index (χ2v) is 4.83. The van der Waals surface area contributed by atoms with Crippen molar-refractivity contribution in [3.63, 3.8) is 0 Å². The van der Waals surface area contributed by atoms with Crippen LogP contribution in [0.2, 0.25) is 0 Å². The fourth-order valence-electron chi connectivity index (χ4n) is 2.12. The van der Waals surface area contributed by atoms with Gasteiger partial charge in [0.25, 0.3) is 5.91 Å². The van der Waals surface area contributed by atoms with Crippen LogP contribution in [0.5, 0.6) is 11.5 Å². The topological polar surface area (TPSA) is 84.9 Å².